The Morgan fingerprint density at radius 3 is 2.81 bits per heavy atom. The van der Waals surface area contributed by atoms with E-state index in [1.807, 2.05) is 12.1 Å². The highest BCUT2D eigenvalue weighted by Crippen LogP contribution is 2.33. The second kappa shape index (κ2) is 8.19. The summed E-state index contributed by atoms with van der Waals surface area (Å²) in [6.07, 6.45) is 2.27. The van der Waals surface area contributed by atoms with Gasteiger partial charge in [-0.3, -0.25) is 20.5 Å². The molecular formula is C21H26FN3OS. The third-order valence-electron chi connectivity index (χ3n) is 5.85. The van der Waals surface area contributed by atoms with E-state index in [0.29, 0.717) is 17.9 Å². The van der Waals surface area contributed by atoms with Crippen molar-refractivity contribution >= 4 is 17.1 Å². The van der Waals surface area contributed by atoms with E-state index in [1.54, 1.807) is 30.4 Å². The minimum Gasteiger partial charge on any atom is -0.299 e. The minimum absolute atomic E-state index is 0.146. The number of halogens is 1. The molecule has 0 radical (unpaired) electrons. The van der Waals surface area contributed by atoms with Crippen molar-refractivity contribution in [3.05, 3.63) is 57.5 Å². The summed E-state index contributed by atoms with van der Waals surface area (Å²) < 4.78 is 13.6. The predicted molar refractivity (Wildman–Crippen MR) is 106 cm³/mol. The van der Waals surface area contributed by atoms with Gasteiger partial charge < -0.3 is 0 Å². The van der Waals surface area contributed by atoms with Gasteiger partial charge in [0.2, 0.25) is 0 Å². The van der Waals surface area contributed by atoms with Crippen LogP contribution in [0.1, 0.15) is 46.5 Å². The fourth-order valence-corrected chi connectivity index (χ4v) is 5.20. The van der Waals surface area contributed by atoms with Crippen LogP contribution in [-0.2, 0) is 6.54 Å². The molecule has 4 rings (SSSR count). The van der Waals surface area contributed by atoms with Crippen LogP contribution in [0.2, 0.25) is 0 Å². The summed E-state index contributed by atoms with van der Waals surface area (Å²) in [5.74, 6) is 0.883. The number of carbonyl (C=O) groups excluding carboxylic acids is 1. The number of carbonyl (C=O) groups is 1. The number of benzene rings is 1. The molecule has 2 aromatic rings. The molecule has 0 saturated carbocycles. The molecule has 1 aromatic carbocycles. The molecule has 0 spiro atoms. The average molecular weight is 388 g/mol. The topological polar surface area (TPSA) is 44.4 Å². The minimum atomic E-state index is -0.159. The molecule has 0 aliphatic carbocycles. The zero-order chi connectivity index (χ0) is 18.8. The first-order valence-electron chi connectivity index (χ1n) is 9.64. The van der Waals surface area contributed by atoms with Crippen molar-refractivity contribution in [3.63, 3.8) is 0 Å². The number of piperidine rings is 1. The van der Waals surface area contributed by atoms with Crippen LogP contribution in [0.15, 0.2) is 35.7 Å². The number of likely N-dealkylation sites (tertiary alicyclic amines) is 1. The molecular weight excluding hydrogens is 361 g/mol. The van der Waals surface area contributed by atoms with Gasteiger partial charge in [-0.1, -0.05) is 12.1 Å². The second-order valence-electron chi connectivity index (χ2n) is 7.70. The number of ketones is 1. The van der Waals surface area contributed by atoms with Crippen LogP contribution < -0.4 is 10.9 Å². The third kappa shape index (κ3) is 4.29. The summed E-state index contributed by atoms with van der Waals surface area (Å²) in [5.41, 5.74) is 9.05. The van der Waals surface area contributed by atoms with Gasteiger partial charge in [0.05, 0.1) is 4.88 Å². The molecule has 144 valence electrons. The van der Waals surface area contributed by atoms with Gasteiger partial charge in [-0.05, 0) is 73.5 Å². The predicted octanol–water partition coefficient (Wildman–Crippen LogP) is 3.56. The number of hydrazine groups is 1. The number of rotatable bonds is 5. The maximum Gasteiger partial charge on any atom is 0.169 e. The zero-order valence-corrected chi connectivity index (χ0v) is 16.4. The SMILES string of the molecule is CC(=O)c1cc(CN2CCC(C3NNCC3c3cccc(F)c3)CC2)cs1. The fraction of sp³-hybridized carbons (Fsp3) is 0.476. The van der Waals surface area contributed by atoms with Crippen LogP contribution in [0.25, 0.3) is 0 Å². The molecule has 27 heavy (non-hydrogen) atoms. The lowest BCUT2D eigenvalue weighted by molar-refractivity contribution is 0.102. The van der Waals surface area contributed by atoms with E-state index in [1.165, 1.54) is 11.6 Å². The molecule has 0 amide bonds. The third-order valence-corrected chi connectivity index (χ3v) is 6.93. The van der Waals surface area contributed by atoms with Crippen LogP contribution in [0.3, 0.4) is 0 Å². The van der Waals surface area contributed by atoms with Gasteiger partial charge in [-0.2, -0.15) is 0 Å². The first kappa shape index (κ1) is 18.7. The largest absolute Gasteiger partial charge is 0.299 e. The fourth-order valence-electron chi connectivity index (χ4n) is 4.39. The Hall–Kier alpha value is -1.60. The lowest BCUT2D eigenvalue weighted by Gasteiger charge is -2.36. The summed E-state index contributed by atoms with van der Waals surface area (Å²) >= 11 is 1.54. The van der Waals surface area contributed by atoms with Crippen molar-refractivity contribution in [2.75, 3.05) is 19.6 Å². The Balaban J connectivity index is 1.35. The van der Waals surface area contributed by atoms with E-state index in [9.17, 15) is 9.18 Å². The molecule has 6 heteroatoms. The van der Waals surface area contributed by atoms with Gasteiger partial charge in [0.15, 0.2) is 5.78 Å². The maximum atomic E-state index is 13.6. The van der Waals surface area contributed by atoms with E-state index in [0.717, 1.165) is 49.5 Å². The highest BCUT2D eigenvalue weighted by Gasteiger charge is 2.36. The van der Waals surface area contributed by atoms with Gasteiger partial charge >= 0.3 is 0 Å². The van der Waals surface area contributed by atoms with Gasteiger partial charge in [0, 0.05) is 25.0 Å². The Morgan fingerprint density at radius 1 is 1.30 bits per heavy atom. The molecule has 2 aliphatic heterocycles. The summed E-state index contributed by atoms with van der Waals surface area (Å²) in [7, 11) is 0. The Labute approximate surface area is 163 Å². The Bertz CT molecular complexity index is 800. The first-order valence-corrected chi connectivity index (χ1v) is 10.5. The van der Waals surface area contributed by atoms with Crippen LogP contribution >= 0.6 is 11.3 Å². The zero-order valence-electron chi connectivity index (χ0n) is 15.6. The quantitative estimate of drug-likeness (QED) is 0.770. The van der Waals surface area contributed by atoms with Gasteiger partial charge in [-0.15, -0.1) is 11.3 Å². The van der Waals surface area contributed by atoms with Crippen molar-refractivity contribution in [1.29, 1.82) is 0 Å². The molecule has 2 saturated heterocycles. The lowest BCUT2D eigenvalue weighted by Crippen LogP contribution is -2.43. The molecule has 3 heterocycles. The monoisotopic (exact) mass is 387 g/mol. The average Bonchev–Trinajstić information content (AvgIpc) is 3.32. The van der Waals surface area contributed by atoms with Crippen LogP contribution in [0, 0.1) is 11.7 Å². The van der Waals surface area contributed by atoms with E-state index in [-0.39, 0.29) is 11.6 Å². The summed E-state index contributed by atoms with van der Waals surface area (Å²) in [6.45, 7) is 5.50. The Morgan fingerprint density at radius 2 is 2.11 bits per heavy atom. The van der Waals surface area contributed by atoms with Crippen molar-refractivity contribution in [2.45, 2.75) is 38.3 Å². The normalized spacial score (nSPS) is 24.4. The molecule has 2 aliphatic rings. The number of nitrogens with zero attached hydrogens (tertiary/aromatic N) is 1. The number of hydrogen-bond donors (Lipinski definition) is 2. The van der Waals surface area contributed by atoms with Crippen molar-refractivity contribution in [3.8, 4) is 0 Å². The van der Waals surface area contributed by atoms with Crippen LogP contribution in [-0.4, -0.2) is 36.4 Å². The highest BCUT2D eigenvalue weighted by molar-refractivity contribution is 7.12. The van der Waals surface area contributed by atoms with Gasteiger partial charge in [-0.25, -0.2) is 4.39 Å². The van der Waals surface area contributed by atoms with E-state index in [2.05, 4.69) is 21.1 Å². The molecule has 2 fully saturated rings. The summed E-state index contributed by atoms with van der Waals surface area (Å²) in [5, 5.41) is 2.10. The number of nitrogens with one attached hydrogen (secondary N) is 2. The summed E-state index contributed by atoms with van der Waals surface area (Å²) in [6, 6.07) is 9.40. The van der Waals surface area contributed by atoms with Crippen molar-refractivity contribution in [2.24, 2.45) is 5.92 Å². The molecule has 2 atom stereocenters. The van der Waals surface area contributed by atoms with E-state index in [4.69, 9.17) is 0 Å². The van der Waals surface area contributed by atoms with E-state index < -0.39 is 0 Å². The smallest absolute Gasteiger partial charge is 0.169 e. The molecule has 4 nitrogen and oxygen atoms in total. The van der Waals surface area contributed by atoms with Crippen LogP contribution in [0.5, 0.6) is 0 Å². The Kier molecular flexibility index (Phi) is 5.68. The maximum absolute atomic E-state index is 13.6. The van der Waals surface area contributed by atoms with Gasteiger partial charge in [0.1, 0.15) is 5.82 Å². The number of thiophene rings is 1. The highest BCUT2D eigenvalue weighted by atomic mass is 32.1. The van der Waals surface area contributed by atoms with Crippen LogP contribution in [0.4, 0.5) is 4.39 Å². The lowest BCUT2D eigenvalue weighted by atomic mass is 9.80. The van der Waals surface area contributed by atoms with Gasteiger partial charge in [0.25, 0.3) is 0 Å². The summed E-state index contributed by atoms with van der Waals surface area (Å²) in [4.78, 5) is 14.8. The molecule has 0 bridgehead atoms. The van der Waals surface area contributed by atoms with Crippen molar-refractivity contribution in [1.82, 2.24) is 15.8 Å². The molecule has 2 unspecified atom stereocenters. The number of Topliss-reactive ketones (excluding diaryl/α,β-unsaturated/α-hetero) is 1. The number of hydrogen-bond acceptors (Lipinski definition) is 5. The van der Waals surface area contributed by atoms with Crippen molar-refractivity contribution < 1.29 is 9.18 Å². The van der Waals surface area contributed by atoms with E-state index >= 15 is 0 Å². The standard InChI is InChI=1S/C21H26FN3OS/c1-14(26)20-9-15(13-27-20)12-25-7-5-16(6-8-25)21-19(11-23-24-21)17-3-2-4-18(22)10-17/h2-4,9-10,13,16,19,21,23-24H,5-8,11-12H2,1H3. The first-order chi connectivity index (χ1) is 13.1. The molecule has 1 aromatic heterocycles. The second-order valence-corrected chi connectivity index (χ2v) is 8.61. The molecule has 2 N–H and O–H groups in total.